The molecule has 0 unspecified atom stereocenters. The van der Waals surface area contributed by atoms with Crippen molar-refractivity contribution in [2.24, 2.45) is 0 Å². The van der Waals surface area contributed by atoms with Crippen molar-refractivity contribution in [2.45, 2.75) is 23.8 Å². The van der Waals surface area contributed by atoms with Gasteiger partial charge in [-0.3, -0.25) is 0 Å². The van der Waals surface area contributed by atoms with Crippen molar-refractivity contribution >= 4 is 11.3 Å². The maximum absolute atomic E-state index is 5.52. The van der Waals surface area contributed by atoms with Crippen LogP contribution in [0.5, 0.6) is 0 Å². The van der Waals surface area contributed by atoms with Crippen molar-refractivity contribution in [1.82, 2.24) is 0 Å². The van der Waals surface area contributed by atoms with Crippen LogP contribution in [0.15, 0.2) is 81.9 Å². The molecule has 0 fully saturated rings. The Bertz CT molecular complexity index is 1010. The summed E-state index contributed by atoms with van der Waals surface area (Å²) in [5, 5.41) is 3.62. The number of rotatable bonds is 2. The minimum absolute atomic E-state index is 0.149. The fourth-order valence-electron chi connectivity index (χ4n) is 5.01. The van der Waals surface area contributed by atoms with Gasteiger partial charge in [0.05, 0.1) is 41.8 Å². The molecule has 5 heterocycles. The van der Waals surface area contributed by atoms with E-state index in [1.165, 1.54) is 27.3 Å². The SMILES string of the molecule is c1ccc2c(c1)[C@H]1c3scc[n+]3[C@@H]2CC1(c1ccoc1)c1ccoc1. The van der Waals surface area contributed by atoms with Crippen molar-refractivity contribution < 1.29 is 13.4 Å². The van der Waals surface area contributed by atoms with E-state index in [0.717, 1.165) is 6.42 Å². The predicted octanol–water partition coefficient (Wildman–Crippen LogP) is 4.65. The van der Waals surface area contributed by atoms with Gasteiger partial charge in [0, 0.05) is 23.1 Å². The van der Waals surface area contributed by atoms with E-state index in [0.29, 0.717) is 6.04 Å². The van der Waals surface area contributed by atoms with Gasteiger partial charge in [-0.25, -0.2) is 0 Å². The van der Waals surface area contributed by atoms with Gasteiger partial charge in [0.2, 0.25) is 5.01 Å². The van der Waals surface area contributed by atoms with Gasteiger partial charge in [-0.2, -0.15) is 4.57 Å². The van der Waals surface area contributed by atoms with Gasteiger partial charge < -0.3 is 8.83 Å². The molecule has 2 aliphatic heterocycles. The maximum atomic E-state index is 5.52. The standard InChI is InChI=1S/C21H16NO2S/c1-2-4-17-16(3-1)18-11-21(14-5-8-23-12-14,15-6-9-24-13-15)19(17)20-22(18)7-10-25-20/h1-10,12-13,18-19H,11H2/q+1/t18-,19+/m1/s1. The predicted molar refractivity (Wildman–Crippen MR) is 93.8 cm³/mol. The van der Waals surface area contributed by atoms with E-state index in [4.69, 9.17) is 8.83 Å². The fourth-order valence-corrected chi connectivity index (χ4v) is 6.12. The molecule has 7 rings (SSSR count). The van der Waals surface area contributed by atoms with Gasteiger partial charge in [-0.15, -0.1) is 0 Å². The lowest BCUT2D eigenvalue weighted by molar-refractivity contribution is -0.727. The Hall–Kier alpha value is -2.59. The van der Waals surface area contributed by atoms with E-state index >= 15 is 0 Å². The van der Waals surface area contributed by atoms with Crippen LogP contribution in [0.25, 0.3) is 0 Å². The van der Waals surface area contributed by atoms with Gasteiger partial charge >= 0.3 is 0 Å². The highest BCUT2D eigenvalue weighted by atomic mass is 32.1. The van der Waals surface area contributed by atoms with Gasteiger partial charge in [0.25, 0.3) is 0 Å². The van der Waals surface area contributed by atoms with Crippen LogP contribution in [0.2, 0.25) is 0 Å². The zero-order valence-corrected chi connectivity index (χ0v) is 14.3. The molecular weight excluding hydrogens is 330 g/mol. The van der Waals surface area contributed by atoms with Crippen molar-refractivity contribution in [2.75, 3.05) is 0 Å². The number of benzene rings is 1. The smallest absolute Gasteiger partial charge is 0.246 e. The van der Waals surface area contributed by atoms with Crippen LogP contribution in [0.3, 0.4) is 0 Å². The number of fused-ring (bicyclic) bond motifs is 1. The molecular formula is C21H16NO2S+. The van der Waals surface area contributed by atoms with Crippen LogP contribution in [0, 0.1) is 0 Å². The molecule has 0 radical (unpaired) electrons. The lowest BCUT2D eigenvalue weighted by Gasteiger charge is -2.47. The largest absolute Gasteiger partial charge is 0.472 e. The van der Waals surface area contributed by atoms with Crippen LogP contribution in [0.4, 0.5) is 0 Å². The van der Waals surface area contributed by atoms with Gasteiger partial charge in [0.1, 0.15) is 0 Å². The minimum atomic E-state index is -0.149. The molecule has 3 aliphatic rings. The minimum Gasteiger partial charge on any atom is -0.472 e. The lowest BCUT2D eigenvalue weighted by Crippen LogP contribution is -2.58. The Morgan fingerprint density at radius 2 is 1.68 bits per heavy atom. The Balaban J connectivity index is 1.73. The van der Waals surface area contributed by atoms with E-state index in [1.807, 2.05) is 23.9 Å². The summed E-state index contributed by atoms with van der Waals surface area (Å²) < 4.78 is 13.5. The number of aromatic nitrogens is 1. The average Bonchev–Trinajstić information content (AvgIpc) is 3.44. The van der Waals surface area contributed by atoms with Gasteiger partial charge in [-0.05, 0) is 17.7 Å². The second-order valence-electron chi connectivity index (χ2n) is 6.93. The summed E-state index contributed by atoms with van der Waals surface area (Å²) >= 11 is 1.85. The number of hydrogen-bond acceptors (Lipinski definition) is 3. The molecule has 25 heavy (non-hydrogen) atoms. The highest BCUT2D eigenvalue weighted by molar-refractivity contribution is 7.09. The quantitative estimate of drug-likeness (QED) is 0.495. The molecule has 4 heteroatoms. The van der Waals surface area contributed by atoms with Crippen molar-refractivity contribution in [3.63, 3.8) is 0 Å². The maximum Gasteiger partial charge on any atom is 0.246 e. The van der Waals surface area contributed by atoms with E-state index in [-0.39, 0.29) is 11.3 Å². The molecule has 0 amide bonds. The normalized spacial score (nSPS) is 22.6. The Labute approximate surface area is 149 Å². The summed E-state index contributed by atoms with van der Waals surface area (Å²) in [7, 11) is 0. The number of nitrogens with zero attached hydrogens (tertiary/aromatic N) is 1. The van der Waals surface area contributed by atoms with Crippen LogP contribution in [-0.4, -0.2) is 0 Å². The number of furan rings is 2. The third-order valence-electron chi connectivity index (χ3n) is 5.99. The van der Waals surface area contributed by atoms with Crippen LogP contribution < -0.4 is 4.57 Å². The molecule has 1 aliphatic carbocycles. The molecule has 0 spiro atoms. The van der Waals surface area contributed by atoms with Crippen molar-refractivity contribution in [1.29, 1.82) is 0 Å². The number of hydrogen-bond donors (Lipinski definition) is 0. The molecule has 0 saturated carbocycles. The molecule has 0 N–H and O–H groups in total. The number of thiazole rings is 1. The Morgan fingerprint density at radius 3 is 2.36 bits per heavy atom. The third-order valence-corrected chi connectivity index (χ3v) is 6.94. The Morgan fingerprint density at radius 1 is 0.960 bits per heavy atom. The second kappa shape index (κ2) is 4.73. The summed E-state index contributed by atoms with van der Waals surface area (Å²) in [5.74, 6) is 0.267. The highest BCUT2D eigenvalue weighted by Gasteiger charge is 2.60. The summed E-state index contributed by atoms with van der Waals surface area (Å²) in [6.07, 6.45) is 10.6. The topological polar surface area (TPSA) is 30.2 Å². The first-order valence-electron chi connectivity index (χ1n) is 8.52. The molecule has 1 aromatic carbocycles. The third kappa shape index (κ3) is 1.58. The van der Waals surface area contributed by atoms with E-state index < -0.39 is 0 Å². The first-order chi connectivity index (χ1) is 12.4. The van der Waals surface area contributed by atoms with Gasteiger partial charge in [-0.1, -0.05) is 35.6 Å². The average molecular weight is 346 g/mol. The first kappa shape index (κ1) is 13.7. The summed E-state index contributed by atoms with van der Waals surface area (Å²) in [6, 6.07) is 13.5. The molecule has 3 nitrogen and oxygen atoms in total. The summed E-state index contributed by atoms with van der Waals surface area (Å²) in [4.78, 5) is 0. The zero-order chi connectivity index (χ0) is 16.4. The summed E-state index contributed by atoms with van der Waals surface area (Å²) in [5.41, 5.74) is 5.20. The van der Waals surface area contributed by atoms with Gasteiger partial charge in [0.15, 0.2) is 12.2 Å². The second-order valence-corrected chi connectivity index (χ2v) is 7.85. The van der Waals surface area contributed by atoms with Crippen molar-refractivity contribution in [3.05, 3.63) is 100 Å². The van der Waals surface area contributed by atoms with Crippen LogP contribution in [0.1, 0.15) is 45.6 Å². The lowest BCUT2D eigenvalue weighted by atomic mass is 9.55. The Kier molecular flexibility index (Phi) is 2.59. The van der Waals surface area contributed by atoms with E-state index in [9.17, 15) is 0 Å². The first-order valence-corrected chi connectivity index (χ1v) is 9.40. The van der Waals surface area contributed by atoms with Crippen LogP contribution in [-0.2, 0) is 5.41 Å². The molecule has 4 aromatic rings. The monoisotopic (exact) mass is 346 g/mol. The van der Waals surface area contributed by atoms with E-state index in [1.54, 1.807) is 12.5 Å². The fraction of sp³-hybridized carbons (Fsp3) is 0.190. The highest BCUT2D eigenvalue weighted by Crippen LogP contribution is 2.60. The zero-order valence-electron chi connectivity index (χ0n) is 13.5. The summed E-state index contributed by atoms with van der Waals surface area (Å²) in [6.45, 7) is 0. The molecule has 0 saturated heterocycles. The molecule has 3 aromatic heterocycles. The van der Waals surface area contributed by atoms with E-state index in [2.05, 4.69) is 52.5 Å². The molecule has 2 bridgehead atoms. The molecule has 122 valence electrons. The van der Waals surface area contributed by atoms with Crippen molar-refractivity contribution in [3.8, 4) is 0 Å². The van der Waals surface area contributed by atoms with Crippen LogP contribution >= 0.6 is 11.3 Å². The molecule has 2 atom stereocenters.